The summed E-state index contributed by atoms with van der Waals surface area (Å²) in [5.41, 5.74) is -1.23. The highest BCUT2D eigenvalue weighted by Gasteiger charge is 2.35. The quantitative estimate of drug-likeness (QED) is 0.541. The summed E-state index contributed by atoms with van der Waals surface area (Å²) in [4.78, 5) is 26.7. The molecule has 31 heavy (non-hydrogen) atoms. The van der Waals surface area contributed by atoms with Gasteiger partial charge in [0.1, 0.15) is 18.9 Å². The van der Waals surface area contributed by atoms with Crippen LogP contribution in [0.25, 0.3) is 0 Å². The van der Waals surface area contributed by atoms with Crippen LogP contribution in [0, 0.1) is 10.1 Å². The summed E-state index contributed by atoms with van der Waals surface area (Å²) < 4.78 is 49.9. The fourth-order valence-electron chi connectivity index (χ4n) is 3.68. The van der Waals surface area contributed by atoms with Crippen LogP contribution < -0.4 is 14.4 Å². The highest BCUT2D eigenvalue weighted by molar-refractivity contribution is 5.98. The average Bonchev–Trinajstić information content (AvgIpc) is 2.77. The first kappa shape index (κ1) is 20.8. The predicted octanol–water partition coefficient (Wildman–Crippen LogP) is 3.35. The van der Waals surface area contributed by atoms with Crippen molar-refractivity contribution in [3.8, 4) is 11.5 Å². The third-order valence-electron chi connectivity index (χ3n) is 5.20. The van der Waals surface area contributed by atoms with Crippen LogP contribution in [0.15, 0.2) is 36.4 Å². The van der Waals surface area contributed by atoms with E-state index < -0.39 is 22.4 Å². The molecule has 0 bridgehead atoms. The summed E-state index contributed by atoms with van der Waals surface area (Å²) >= 11 is 0. The van der Waals surface area contributed by atoms with Gasteiger partial charge in [-0.1, -0.05) is 6.07 Å². The maximum atomic E-state index is 13.0. The molecule has 2 heterocycles. The number of nitrogens with zero attached hydrogens (tertiary/aromatic N) is 3. The van der Waals surface area contributed by atoms with Gasteiger partial charge < -0.3 is 19.3 Å². The van der Waals surface area contributed by atoms with E-state index in [0.717, 1.165) is 12.1 Å². The molecule has 0 saturated carbocycles. The number of halogens is 3. The van der Waals surface area contributed by atoms with E-state index in [-0.39, 0.29) is 37.8 Å². The van der Waals surface area contributed by atoms with Crippen molar-refractivity contribution in [2.45, 2.75) is 6.18 Å². The van der Waals surface area contributed by atoms with Gasteiger partial charge in [0.15, 0.2) is 11.5 Å². The number of ether oxygens (including phenoxy) is 2. The van der Waals surface area contributed by atoms with Gasteiger partial charge in [-0.3, -0.25) is 14.9 Å². The molecule has 0 atom stereocenters. The van der Waals surface area contributed by atoms with Gasteiger partial charge in [-0.2, -0.15) is 13.2 Å². The molecule has 2 aliphatic heterocycles. The number of anilines is 1. The van der Waals surface area contributed by atoms with Crippen molar-refractivity contribution in [1.29, 1.82) is 0 Å². The van der Waals surface area contributed by atoms with Gasteiger partial charge in [-0.15, -0.1) is 0 Å². The van der Waals surface area contributed by atoms with E-state index in [1.165, 1.54) is 0 Å². The van der Waals surface area contributed by atoms with Crippen LogP contribution in [0.5, 0.6) is 11.5 Å². The molecule has 0 unspecified atom stereocenters. The SMILES string of the molecule is O=C(c1cccc2c1OCCO2)N1CCN(c2ccc(C(F)(F)F)cc2[N+](=O)[O-])CC1. The zero-order valence-electron chi connectivity index (χ0n) is 16.2. The van der Waals surface area contributed by atoms with Crippen molar-refractivity contribution in [2.24, 2.45) is 0 Å². The van der Waals surface area contributed by atoms with Crippen LogP contribution in [0.4, 0.5) is 24.5 Å². The lowest BCUT2D eigenvalue weighted by Crippen LogP contribution is -2.49. The minimum Gasteiger partial charge on any atom is -0.486 e. The van der Waals surface area contributed by atoms with Crippen LogP contribution in [-0.2, 0) is 6.18 Å². The largest absolute Gasteiger partial charge is 0.486 e. The van der Waals surface area contributed by atoms with Crippen LogP contribution in [0.2, 0.25) is 0 Å². The van der Waals surface area contributed by atoms with E-state index >= 15 is 0 Å². The molecule has 2 aromatic carbocycles. The van der Waals surface area contributed by atoms with Gasteiger partial charge in [0, 0.05) is 32.2 Å². The van der Waals surface area contributed by atoms with Gasteiger partial charge >= 0.3 is 6.18 Å². The number of piperazine rings is 1. The molecule has 11 heteroatoms. The summed E-state index contributed by atoms with van der Waals surface area (Å²) in [7, 11) is 0. The van der Waals surface area contributed by atoms with Gasteiger partial charge in [0.2, 0.25) is 0 Å². The molecule has 0 radical (unpaired) electrons. The van der Waals surface area contributed by atoms with E-state index in [2.05, 4.69) is 0 Å². The standard InChI is InChI=1S/C20H18F3N3O5/c21-20(22,23)13-4-5-15(16(12-13)26(28)29)24-6-8-25(9-7-24)19(27)14-2-1-3-17-18(14)31-11-10-30-17/h1-5,12H,6-11H2. The first-order chi connectivity index (χ1) is 14.8. The smallest absolute Gasteiger partial charge is 0.416 e. The summed E-state index contributed by atoms with van der Waals surface area (Å²) in [6.45, 7) is 1.72. The molecule has 0 spiro atoms. The van der Waals surface area contributed by atoms with Crippen LogP contribution in [0.3, 0.4) is 0 Å². The van der Waals surface area contributed by atoms with Crippen molar-refractivity contribution in [3.63, 3.8) is 0 Å². The molecular weight excluding hydrogens is 419 g/mol. The fourth-order valence-corrected chi connectivity index (χ4v) is 3.68. The van der Waals surface area contributed by atoms with Gasteiger partial charge in [-0.25, -0.2) is 0 Å². The van der Waals surface area contributed by atoms with E-state index in [1.54, 1.807) is 28.0 Å². The Morgan fingerprint density at radius 2 is 1.74 bits per heavy atom. The van der Waals surface area contributed by atoms with Crippen molar-refractivity contribution in [1.82, 2.24) is 4.90 Å². The Kier molecular flexibility index (Phi) is 5.34. The Morgan fingerprint density at radius 1 is 1.03 bits per heavy atom. The van der Waals surface area contributed by atoms with E-state index in [4.69, 9.17) is 9.47 Å². The lowest BCUT2D eigenvalue weighted by atomic mass is 10.1. The van der Waals surface area contributed by atoms with Crippen molar-refractivity contribution < 1.29 is 32.4 Å². The van der Waals surface area contributed by atoms with Crippen molar-refractivity contribution in [2.75, 3.05) is 44.3 Å². The summed E-state index contributed by atoms with van der Waals surface area (Å²) in [6.07, 6.45) is -4.67. The number of nitro groups is 1. The molecule has 164 valence electrons. The number of carbonyl (C=O) groups is 1. The number of alkyl halides is 3. The van der Waals surface area contributed by atoms with Crippen molar-refractivity contribution in [3.05, 3.63) is 57.6 Å². The summed E-state index contributed by atoms with van der Waals surface area (Å²) in [5, 5.41) is 11.4. The number of benzene rings is 2. The first-order valence-electron chi connectivity index (χ1n) is 9.54. The molecule has 0 aromatic heterocycles. The molecule has 1 saturated heterocycles. The van der Waals surface area contributed by atoms with Gasteiger partial charge in [0.05, 0.1) is 16.1 Å². The first-order valence-corrected chi connectivity index (χ1v) is 9.54. The third kappa shape index (κ3) is 4.07. The van der Waals surface area contributed by atoms with E-state index in [0.29, 0.717) is 36.3 Å². The molecule has 0 aliphatic carbocycles. The monoisotopic (exact) mass is 437 g/mol. The Bertz CT molecular complexity index is 1020. The predicted molar refractivity (Wildman–Crippen MR) is 104 cm³/mol. The normalized spacial score (nSPS) is 16.2. The molecule has 2 aliphatic rings. The second-order valence-electron chi connectivity index (χ2n) is 7.07. The second kappa shape index (κ2) is 7.97. The minimum absolute atomic E-state index is 0.0962. The van der Waals surface area contributed by atoms with Gasteiger partial charge in [-0.05, 0) is 24.3 Å². The Labute approximate surface area is 174 Å². The third-order valence-corrected chi connectivity index (χ3v) is 5.20. The molecule has 0 N–H and O–H groups in total. The lowest BCUT2D eigenvalue weighted by molar-refractivity contribution is -0.384. The van der Waals surface area contributed by atoms with Crippen molar-refractivity contribution >= 4 is 17.3 Å². The van der Waals surface area contributed by atoms with Crippen LogP contribution >= 0.6 is 0 Å². The molecule has 2 aromatic rings. The fraction of sp³-hybridized carbons (Fsp3) is 0.350. The zero-order chi connectivity index (χ0) is 22.2. The van der Waals surface area contributed by atoms with E-state index in [1.807, 2.05) is 0 Å². The Morgan fingerprint density at radius 3 is 2.42 bits per heavy atom. The number of rotatable bonds is 3. The Hall–Kier alpha value is -3.50. The maximum absolute atomic E-state index is 13.0. The average molecular weight is 437 g/mol. The molecular formula is C20H18F3N3O5. The van der Waals surface area contributed by atoms with Gasteiger partial charge in [0.25, 0.3) is 11.6 Å². The zero-order valence-corrected chi connectivity index (χ0v) is 16.2. The number of hydrogen-bond donors (Lipinski definition) is 0. The Balaban J connectivity index is 1.51. The molecule has 8 nitrogen and oxygen atoms in total. The number of hydrogen-bond acceptors (Lipinski definition) is 6. The number of carbonyl (C=O) groups excluding carboxylic acids is 1. The van der Waals surface area contributed by atoms with Crippen LogP contribution in [0.1, 0.15) is 15.9 Å². The number of para-hydroxylation sites is 1. The summed E-state index contributed by atoms with van der Waals surface area (Å²) in [6, 6.07) is 7.53. The number of amides is 1. The topological polar surface area (TPSA) is 85.2 Å². The number of nitro benzene ring substituents is 1. The lowest BCUT2D eigenvalue weighted by Gasteiger charge is -2.36. The molecule has 1 fully saturated rings. The number of fused-ring (bicyclic) bond motifs is 1. The van der Waals surface area contributed by atoms with Crippen LogP contribution in [-0.4, -0.2) is 55.1 Å². The second-order valence-corrected chi connectivity index (χ2v) is 7.07. The molecule has 1 amide bonds. The highest BCUT2D eigenvalue weighted by atomic mass is 19.4. The minimum atomic E-state index is -4.67. The highest BCUT2D eigenvalue weighted by Crippen LogP contribution is 2.37. The maximum Gasteiger partial charge on any atom is 0.416 e. The summed E-state index contributed by atoms with van der Waals surface area (Å²) in [5.74, 6) is 0.625. The molecule has 4 rings (SSSR count). The van der Waals surface area contributed by atoms with E-state index in [9.17, 15) is 28.1 Å².